The lowest BCUT2D eigenvalue weighted by Gasteiger charge is -2.58. The fraction of sp³-hybridized carbons (Fsp3) is 0.939. The molecule has 212 valence electrons. The Morgan fingerprint density at radius 3 is 2.54 bits per heavy atom. The standard InChI is InChI=1S/C33H56O4/c1-20(2)8-7-9-21(3)26-12-13-27-25-11-10-23-18-24(37-30-19-29(34)31(35)22(4)36-30)14-16-32(23,5)28(25)15-17-33(26,27)6/h10,20-22,24-31,34-35H,7-9,11-19H2,1-6H3. The molecule has 5 rings (SSSR count). The molecule has 0 aromatic heterocycles. The summed E-state index contributed by atoms with van der Waals surface area (Å²) in [7, 11) is 0. The quantitative estimate of drug-likeness (QED) is 0.349. The van der Waals surface area contributed by atoms with E-state index < -0.39 is 18.5 Å². The molecule has 0 spiro atoms. The molecule has 2 N–H and O–H groups in total. The molecule has 4 heteroatoms. The zero-order valence-corrected chi connectivity index (χ0v) is 24.6. The summed E-state index contributed by atoms with van der Waals surface area (Å²) in [6.45, 7) is 14.4. The van der Waals surface area contributed by atoms with E-state index in [0.717, 1.165) is 48.3 Å². The van der Waals surface area contributed by atoms with E-state index in [2.05, 4.69) is 40.7 Å². The van der Waals surface area contributed by atoms with Gasteiger partial charge in [0.2, 0.25) is 0 Å². The molecular formula is C33H56O4. The van der Waals surface area contributed by atoms with Crippen molar-refractivity contribution in [2.24, 2.45) is 46.3 Å². The highest BCUT2D eigenvalue weighted by atomic mass is 16.7. The zero-order chi connectivity index (χ0) is 26.5. The van der Waals surface area contributed by atoms with Gasteiger partial charge in [-0.25, -0.2) is 0 Å². The van der Waals surface area contributed by atoms with Crippen LogP contribution >= 0.6 is 0 Å². The number of allylic oxidation sites excluding steroid dienone is 1. The number of hydrogen-bond donors (Lipinski definition) is 2. The van der Waals surface area contributed by atoms with Crippen molar-refractivity contribution in [3.8, 4) is 0 Å². The van der Waals surface area contributed by atoms with Gasteiger partial charge in [-0.3, -0.25) is 0 Å². The van der Waals surface area contributed by atoms with Crippen molar-refractivity contribution >= 4 is 0 Å². The maximum Gasteiger partial charge on any atom is 0.161 e. The minimum atomic E-state index is -0.817. The molecule has 0 amide bonds. The third-order valence-corrected chi connectivity index (χ3v) is 12.3. The molecule has 12 atom stereocenters. The Morgan fingerprint density at radius 2 is 1.81 bits per heavy atom. The smallest absolute Gasteiger partial charge is 0.161 e. The fourth-order valence-corrected chi connectivity index (χ4v) is 10.1. The molecule has 5 aliphatic rings. The van der Waals surface area contributed by atoms with Crippen LogP contribution in [0.5, 0.6) is 0 Å². The summed E-state index contributed by atoms with van der Waals surface area (Å²) in [4.78, 5) is 0. The van der Waals surface area contributed by atoms with Crippen LogP contribution in [0.2, 0.25) is 0 Å². The summed E-state index contributed by atoms with van der Waals surface area (Å²) in [5, 5.41) is 20.2. The minimum absolute atomic E-state index is 0.159. The number of aliphatic hydroxyl groups is 2. The predicted octanol–water partition coefficient (Wildman–Crippen LogP) is 7.27. The molecule has 12 unspecified atom stereocenters. The van der Waals surface area contributed by atoms with Crippen LogP contribution < -0.4 is 0 Å². The number of rotatable bonds is 7. The van der Waals surface area contributed by atoms with E-state index in [1.165, 1.54) is 57.8 Å². The number of fused-ring (bicyclic) bond motifs is 5. The van der Waals surface area contributed by atoms with Crippen molar-refractivity contribution in [2.45, 2.75) is 149 Å². The summed E-state index contributed by atoms with van der Waals surface area (Å²) < 4.78 is 12.3. The van der Waals surface area contributed by atoms with Gasteiger partial charge in [0.05, 0.1) is 18.3 Å². The lowest BCUT2D eigenvalue weighted by atomic mass is 9.47. The van der Waals surface area contributed by atoms with E-state index in [9.17, 15) is 10.2 Å². The molecule has 3 saturated carbocycles. The molecular weight excluding hydrogens is 460 g/mol. The lowest BCUT2D eigenvalue weighted by molar-refractivity contribution is -0.262. The third kappa shape index (κ3) is 5.23. The fourth-order valence-electron chi connectivity index (χ4n) is 10.1. The summed E-state index contributed by atoms with van der Waals surface area (Å²) in [5.41, 5.74) is 2.50. The zero-order valence-electron chi connectivity index (χ0n) is 24.6. The van der Waals surface area contributed by atoms with Crippen LogP contribution in [0.4, 0.5) is 0 Å². The van der Waals surface area contributed by atoms with Crippen LogP contribution in [0.15, 0.2) is 11.6 Å². The Kier molecular flexibility index (Phi) is 8.26. The first-order valence-electron chi connectivity index (χ1n) is 15.9. The van der Waals surface area contributed by atoms with Gasteiger partial charge in [-0.1, -0.05) is 65.5 Å². The molecule has 0 bridgehead atoms. The summed E-state index contributed by atoms with van der Waals surface area (Å²) >= 11 is 0. The SMILES string of the molecule is CC(C)CCCC(C)C1CCC2C3CC=C4CC(OC5CC(O)C(O)C(C)O5)CCC4(C)C3CCC12C. The highest BCUT2D eigenvalue weighted by Gasteiger charge is 2.59. The van der Waals surface area contributed by atoms with Crippen molar-refractivity contribution in [2.75, 3.05) is 0 Å². The van der Waals surface area contributed by atoms with Crippen LogP contribution in [0.25, 0.3) is 0 Å². The van der Waals surface area contributed by atoms with Gasteiger partial charge in [-0.05, 0) is 105 Å². The summed E-state index contributed by atoms with van der Waals surface area (Å²) in [6, 6.07) is 0. The Balaban J connectivity index is 1.23. The second-order valence-electron chi connectivity index (χ2n) is 14.9. The monoisotopic (exact) mass is 516 g/mol. The van der Waals surface area contributed by atoms with E-state index in [1.807, 2.05) is 6.92 Å². The Morgan fingerprint density at radius 1 is 1.03 bits per heavy atom. The second-order valence-corrected chi connectivity index (χ2v) is 14.9. The van der Waals surface area contributed by atoms with Gasteiger partial charge in [-0.15, -0.1) is 0 Å². The topological polar surface area (TPSA) is 58.9 Å². The number of hydrogen-bond acceptors (Lipinski definition) is 4. The van der Waals surface area contributed by atoms with Gasteiger partial charge in [0, 0.05) is 6.42 Å². The van der Waals surface area contributed by atoms with Crippen molar-refractivity contribution in [1.29, 1.82) is 0 Å². The lowest BCUT2D eigenvalue weighted by Crippen LogP contribution is -2.52. The van der Waals surface area contributed by atoms with Gasteiger partial charge < -0.3 is 19.7 Å². The molecule has 4 aliphatic carbocycles. The molecule has 4 fully saturated rings. The molecule has 4 nitrogen and oxygen atoms in total. The highest BCUT2D eigenvalue weighted by molar-refractivity contribution is 5.25. The van der Waals surface area contributed by atoms with Crippen LogP contribution in [0, 0.1) is 46.3 Å². The van der Waals surface area contributed by atoms with Gasteiger partial charge in [0.15, 0.2) is 6.29 Å². The van der Waals surface area contributed by atoms with E-state index >= 15 is 0 Å². The Hall–Kier alpha value is -0.420. The maximum absolute atomic E-state index is 10.2. The summed E-state index contributed by atoms with van der Waals surface area (Å²) in [6.07, 6.45) is 15.3. The molecule has 0 aromatic carbocycles. The minimum Gasteiger partial charge on any atom is -0.390 e. The largest absolute Gasteiger partial charge is 0.390 e. The molecule has 1 saturated heterocycles. The van der Waals surface area contributed by atoms with Crippen molar-refractivity contribution < 1.29 is 19.7 Å². The van der Waals surface area contributed by atoms with Crippen molar-refractivity contribution in [3.05, 3.63) is 11.6 Å². The van der Waals surface area contributed by atoms with Crippen LogP contribution in [0.1, 0.15) is 119 Å². The van der Waals surface area contributed by atoms with Gasteiger partial charge in [0.25, 0.3) is 0 Å². The molecule has 0 aromatic rings. The first-order valence-corrected chi connectivity index (χ1v) is 15.9. The molecule has 37 heavy (non-hydrogen) atoms. The van der Waals surface area contributed by atoms with Gasteiger partial charge in [0.1, 0.15) is 6.10 Å². The average molecular weight is 517 g/mol. The van der Waals surface area contributed by atoms with Gasteiger partial charge >= 0.3 is 0 Å². The number of ether oxygens (including phenoxy) is 2. The average Bonchev–Trinajstić information content (AvgIpc) is 3.20. The highest BCUT2D eigenvalue weighted by Crippen LogP contribution is 2.67. The van der Waals surface area contributed by atoms with Gasteiger partial charge in [-0.2, -0.15) is 0 Å². The van der Waals surface area contributed by atoms with Crippen LogP contribution in [-0.4, -0.2) is 40.9 Å². The van der Waals surface area contributed by atoms with E-state index in [1.54, 1.807) is 5.57 Å². The first-order chi connectivity index (χ1) is 17.5. The normalized spacial score (nSPS) is 48.7. The third-order valence-electron chi connectivity index (χ3n) is 12.3. The first kappa shape index (κ1) is 28.1. The molecule has 1 heterocycles. The second kappa shape index (κ2) is 10.9. The van der Waals surface area contributed by atoms with Crippen molar-refractivity contribution in [1.82, 2.24) is 0 Å². The van der Waals surface area contributed by atoms with Crippen LogP contribution in [0.3, 0.4) is 0 Å². The number of aliphatic hydroxyl groups excluding tert-OH is 2. The predicted molar refractivity (Wildman–Crippen MR) is 149 cm³/mol. The maximum atomic E-state index is 10.2. The van der Waals surface area contributed by atoms with E-state index in [-0.39, 0.29) is 12.2 Å². The molecule has 1 aliphatic heterocycles. The van der Waals surface area contributed by atoms with Crippen molar-refractivity contribution in [3.63, 3.8) is 0 Å². The van der Waals surface area contributed by atoms with E-state index in [0.29, 0.717) is 17.3 Å². The molecule has 0 radical (unpaired) electrons. The Labute approximate surface area is 227 Å². The van der Waals surface area contributed by atoms with E-state index in [4.69, 9.17) is 9.47 Å². The summed E-state index contributed by atoms with van der Waals surface area (Å²) in [5.74, 6) is 5.20. The Bertz CT molecular complexity index is 811. The van der Waals surface area contributed by atoms with Crippen LogP contribution in [-0.2, 0) is 9.47 Å².